The highest BCUT2D eigenvalue weighted by molar-refractivity contribution is 7.89. The zero-order chi connectivity index (χ0) is 38.2. The van der Waals surface area contributed by atoms with Gasteiger partial charge in [-0.25, -0.2) is 13.2 Å². The number of allylic oxidation sites excluding steroid dienone is 2. The van der Waals surface area contributed by atoms with E-state index in [9.17, 15) is 41.3 Å². The Morgan fingerprint density at radius 1 is 1.08 bits per heavy atom. The summed E-state index contributed by atoms with van der Waals surface area (Å²) < 4.78 is 72.5. The number of nitro benzene ring substituents is 1. The van der Waals surface area contributed by atoms with Crippen LogP contribution in [0.3, 0.4) is 0 Å². The molecule has 0 radical (unpaired) electrons. The van der Waals surface area contributed by atoms with Crippen LogP contribution in [0.4, 0.5) is 18.9 Å². The van der Waals surface area contributed by atoms with Gasteiger partial charge in [-0.3, -0.25) is 19.9 Å². The molecule has 50 heavy (non-hydrogen) atoms. The minimum Gasteiger partial charge on any atom is -0.467 e. The molecule has 1 aliphatic heterocycles. The number of methoxy groups -OCH3 is 1. The number of benzene rings is 2. The number of sulfonamides is 1. The highest BCUT2D eigenvalue weighted by Crippen LogP contribution is 2.36. The SMILES string of the molecule is C=CC(=C)C(F)(F)F.CC.CC.CN=CN1CCN(S(=O)(=O)c2ccc3c(c2)C(C(=O)OCc2ccc([N+](=O)[O-])cc2)CC3)CC1C(=O)OC. The van der Waals surface area contributed by atoms with Crippen molar-refractivity contribution < 1.29 is 45.6 Å². The van der Waals surface area contributed by atoms with Gasteiger partial charge in [-0.1, -0.05) is 53.0 Å². The number of alkyl halides is 3. The molecule has 1 fully saturated rings. The molecule has 2 atom stereocenters. The Bertz CT molecular complexity index is 1610. The van der Waals surface area contributed by atoms with Crippen LogP contribution in [0.1, 0.15) is 56.7 Å². The topological polar surface area (TPSA) is 149 Å². The molecule has 0 spiro atoms. The summed E-state index contributed by atoms with van der Waals surface area (Å²) in [4.78, 5) is 41.2. The van der Waals surface area contributed by atoms with Crippen molar-refractivity contribution in [1.29, 1.82) is 0 Å². The number of aryl methyl sites for hydroxylation is 1. The number of nitro groups is 1. The van der Waals surface area contributed by atoms with E-state index in [2.05, 4.69) is 18.2 Å². The normalized spacial score (nSPS) is 17.0. The van der Waals surface area contributed by atoms with E-state index in [4.69, 9.17) is 9.47 Å². The van der Waals surface area contributed by atoms with Crippen LogP contribution in [0.15, 0.2) is 77.2 Å². The van der Waals surface area contributed by atoms with Crippen LogP contribution in [-0.4, -0.2) is 86.8 Å². The van der Waals surface area contributed by atoms with Gasteiger partial charge in [0, 0.05) is 44.4 Å². The lowest BCUT2D eigenvalue weighted by atomic mass is 10.0. The van der Waals surface area contributed by atoms with Gasteiger partial charge in [0.05, 0.1) is 29.2 Å². The van der Waals surface area contributed by atoms with Crippen molar-refractivity contribution in [2.75, 3.05) is 33.8 Å². The maximum Gasteiger partial charge on any atom is 0.415 e. The Balaban J connectivity index is 0.000000906. The van der Waals surface area contributed by atoms with Crippen LogP contribution in [0.2, 0.25) is 0 Å². The molecule has 0 amide bonds. The Morgan fingerprint density at radius 3 is 2.20 bits per heavy atom. The summed E-state index contributed by atoms with van der Waals surface area (Å²) >= 11 is 0. The van der Waals surface area contributed by atoms with Gasteiger partial charge in [0.15, 0.2) is 0 Å². The Hall–Kier alpha value is -4.57. The summed E-state index contributed by atoms with van der Waals surface area (Å²) in [5.74, 6) is -1.68. The molecule has 0 bridgehead atoms. The maximum atomic E-state index is 13.5. The quantitative estimate of drug-likeness (QED) is 0.0734. The molecule has 2 unspecified atom stereocenters. The first kappa shape index (κ1) is 43.5. The predicted octanol–water partition coefficient (Wildman–Crippen LogP) is 6.22. The zero-order valence-electron chi connectivity index (χ0n) is 29.1. The first-order chi connectivity index (χ1) is 23.6. The fourth-order valence-corrected chi connectivity index (χ4v) is 6.32. The average Bonchev–Trinajstić information content (AvgIpc) is 3.55. The number of halogens is 3. The standard InChI is InChI=1S/C25H28N4O8S.C5H5F3.2C2H6/c1-26-16-27-11-12-28(14-23(27)25(31)36-2)38(34,35)20-9-5-18-6-10-21(22(18)13-20)24(30)37-15-17-3-7-19(8-4-17)29(32)33;1-3-4(2)5(6,7)8;2*1-2/h3-5,7-9,13,16,21,23H,6,10-12,14-15H2,1-2H3;3H,1-2H2;2*1-2H3. The monoisotopic (exact) mass is 726 g/mol. The third-order valence-corrected chi connectivity index (χ3v) is 9.24. The highest BCUT2D eigenvalue weighted by atomic mass is 32.2. The number of aliphatic imine (C=N–C) groups is 1. The van der Waals surface area contributed by atoms with Crippen LogP contribution in [-0.2, 0) is 42.1 Å². The molecule has 12 nitrogen and oxygen atoms in total. The number of carbonyl (C=O) groups is 2. The Kier molecular flexibility index (Phi) is 17.5. The molecule has 2 aromatic rings. The van der Waals surface area contributed by atoms with E-state index in [1.807, 2.05) is 27.7 Å². The molecule has 1 saturated heterocycles. The zero-order valence-corrected chi connectivity index (χ0v) is 29.9. The molecule has 16 heteroatoms. The van der Waals surface area contributed by atoms with Crippen molar-refractivity contribution in [3.8, 4) is 0 Å². The number of ether oxygens (including phenoxy) is 2. The molecular weight excluding hydrogens is 681 g/mol. The van der Waals surface area contributed by atoms with Crippen molar-refractivity contribution in [3.05, 3.63) is 94.1 Å². The number of esters is 2. The van der Waals surface area contributed by atoms with Gasteiger partial charge in [-0.2, -0.15) is 17.5 Å². The van der Waals surface area contributed by atoms with E-state index >= 15 is 0 Å². The number of hydrogen-bond acceptors (Lipinski definition) is 9. The van der Waals surface area contributed by atoms with Crippen molar-refractivity contribution in [2.24, 2.45) is 4.99 Å². The van der Waals surface area contributed by atoms with E-state index in [-0.39, 0.29) is 36.8 Å². The molecule has 2 aliphatic rings. The van der Waals surface area contributed by atoms with Crippen LogP contribution >= 0.6 is 0 Å². The third-order valence-electron chi connectivity index (χ3n) is 7.38. The van der Waals surface area contributed by atoms with Gasteiger partial charge in [-0.15, -0.1) is 0 Å². The second-order valence-electron chi connectivity index (χ2n) is 10.2. The fraction of sp³-hybridized carbons (Fsp3) is 0.441. The summed E-state index contributed by atoms with van der Waals surface area (Å²) in [5.41, 5.74) is 1.11. The van der Waals surface area contributed by atoms with Crippen molar-refractivity contribution in [2.45, 2.75) is 70.2 Å². The van der Waals surface area contributed by atoms with Crippen molar-refractivity contribution in [1.82, 2.24) is 9.21 Å². The number of non-ortho nitro benzene ring substituents is 1. The molecule has 1 aliphatic carbocycles. The fourth-order valence-electron chi connectivity index (χ4n) is 4.84. The van der Waals surface area contributed by atoms with E-state index in [1.165, 1.54) is 54.2 Å². The number of nitrogens with zero attached hydrogens (tertiary/aromatic N) is 4. The molecular formula is C34H45F3N4O8S. The second kappa shape index (κ2) is 20.2. The minimum absolute atomic E-state index is 0.0348. The third kappa shape index (κ3) is 11.5. The first-order valence-corrected chi connectivity index (χ1v) is 17.2. The van der Waals surface area contributed by atoms with Crippen LogP contribution in [0.5, 0.6) is 0 Å². The number of rotatable bonds is 9. The van der Waals surface area contributed by atoms with E-state index in [1.54, 1.807) is 18.0 Å². The van der Waals surface area contributed by atoms with Gasteiger partial charge in [0.2, 0.25) is 10.0 Å². The molecule has 276 valence electrons. The van der Waals surface area contributed by atoms with E-state index < -0.39 is 50.6 Å². The largest absolute Gasteiger partial charge is 0.467 e. The smallest absolute Gasteiger partial charge is 0.415 e. The first-order valence-electron chi connectivity index (χ1n) is 15.8. The maximum absolute atomic E-state index is 13.5. The lowest BCUT2D eigenvalue weighted by Crippen LogP contribution is -2.57. The number of fused-ring (bicyclic) bond motifs is 1. The van der Waals surface area contributed by atoms with Crippen LogP contribution in [0.25, 0.3) is 0 Å². The number of hydrogen-bond donors (Lipinski definition) is 0. The van der Waals surface area contributed by atoms with Gasteiger partial charge in [0.1, 0.15) is 12.6 Å². The summed E-state index contributed by atoms with van der Waals surface area (Å²) in [6, 6.07) is 9.63. The molecule has 0 N–H and O–H groups in total. The number of carbonyl (C=O) groups excluding carboxylic acids is 2. The summed E-state index contributed by atoms with van der Waals surface area (Å²) in [6.07, 6.45) is -1.04. The highest BCUT2D eigenvalue weighted by Gasteiger charge is 2.39. The summed E-state index contributed by atoms with van der Waals surface area (Å²) in [6.45, 7) is 13.9. The summed E-state index contributed by atoms with van der Waals surface area (Å²) in [5, 5.41) is 10.8. The molecule has 4 rings (SSSR count). The Labute approximate surface area is 291 Å². The van der Waals surface area contributed by atoms with Gasteiger partial charge < -0.3 is 14.4 Å². The molecule has 0 saturated carbocycles. The van der Waals surface area contributed by atoms with Gasteiger partial charge in [0.25, 0.3) is 5.69 Å². The van der Waals surface area contributed by atoms with Crippen LogP contribution in [0, 0.1) is 10.1 Å². The lowest BCUT2D eigenvalue weighted by Gasteiger charge is -2.38. The minimum atomic E-state index is -4.30. The number of piperazine rings is 1. The van der Waals surface area contributed by atoms with Gasteiger partial charge >= 0.3 is 18.1 Å². The van der Waals surface area contributed by atoms with E-state index in [0.717, 1.165) is 5.56 Å². The second-order valence-corrected chi connectivity index (χ2v) is 12.2. The molecule has 2 aromatic carbocycles. The van der Waals surface area contributed by atoms with E-state index in [0.29, 0.717) is 30.0 Å². The predicted molar refractivity (Wildman–Crippen MR) is 184 cm³/mol. The van der Waals surface area contributed by atoms with Crippen molar-refractivity contribution in [3.63, 3.8) is 0 Å². The van der Waals surface area contributed by atoms with Crippen molar-refractivity contribution >= 4 is 34.0 Å². The summed E-state index contributed by atoms with van der Waals surface area (Å²) in [7, 11) is -1.15. The Morgan fingerprint density at radius 2 is 1.70 bits per heavy atom. The average molecular weight is 727 g/mol. The molecule has 1 heterocycles. The van der Waals surface area contributed by atoms with Gasteiger partial charge in [-0.05, 0) is 53.8 Å². The van der Waals surface area contributed by atoms with Crippen LogP contribution < -0.4 is 0 Å². The molecule has 0 aromatic heterocycles. The lowest BCUT2D eigenvalue weighted by molar-refractivity contribution is -0.384.